The van der Waals surface area contributed by atoms with E-state index in [2.05, 4.69) is 16.6 Å². The van der Waals surface area contributed by atoms with Crippen molar-refractivity contribution in [2.45, 2.75) is 50.0 Å². The van der Waals surface area contributed by atoms with Crippen molar-refractivity contribution >= 4 is 41.5 Å². The van der Waals surface area contributed by atoms with Crippen LogP contribution in [0.15, 0.2) is 60.7 Å². The highest BCUT2D eigenvalue weighted by Crippen LogP contribution is 2.17. The molecule has 0 saturated heterocycles. The van der Waals surface area contributed by atoms with Gasteiger partial charge in [0, 0.05) is 23.0 Å². The molecule has 2 aromatic rings. The Morgan fingerprint density at radius 3 is 1.86 bits per heavy atom. The van der Waals surface area contributed by atoms with E-state index in [1.807, 2.05) is 60.7 Å². The van der Waals surface area contributed by atoms with E-state index in [-0.39, 0.29) is 12.4 Å². The highest BCUT2D eigenvalue weighted by molar-refractivity contribution is 7.98. The molecular formula is C28H34N2O5S2. The lowest BCUT2D eigenvalue weighted by molar-refractivity contribution is -0.158. The summed E-state index contributed by atoms with van der Waals surface area (Å²) in [4.78, 5) is 38.4. The van der Waals surface area contributed by atoms with Gasteiger partial charge in [0.15, 0.2) is 6.61 Å². The summed E-state index contributed by atoms with van der Waals surface area (Å²) in [6.07, 6.45) is 4.36. The van der Waals surface area contributed by atoms with E-state index in [4.69, 9.17) is 15.9 Å². The molecule has 9 heteroatoms. The van der Waals surface area contributed by atoms with E-state index in [9.17, 15) is 14.4 Å². The minimum absolute atomic E-state index is 0.214. The molecule has 0 aliphatic rings. The Balaban J connectivity index is 2.07. The second-order valence-electron chi connectivity index (χ2n) is 9.07. The van der Waals surface area contributed by atoms with E-state index >= 15 is 0 Å². The predicted octanol–water partition coefficient (Wildman–Crippen LogP) is 4.41. The van der Waals surface area contributed by atoms with Crippen LogP contribution in [-0.2, 0) is 30.6 Å². The molecule has 2 N–H and O–H groups in total. The molecule has 0 fully saturated rings. The molecule has 2 aromatic carbocycles. The first-order chi connectivity index (χ1) is 17.7. The van der Waals surface area contributed by atoms with Crippen LogP contribution >= 0.6 is 23.5 Å². The van der Waals surface area contributed by atoms with Crippen LogP contribution in [0.3, 0.4) is 0 Å². The number of ether oxygens (including phenoxy) is 2. The lowest BCUT2D eigenvalue weighted by Crippen LogP contribution is -2.54. The summed E-state index contributed by atoms with van der Waals surface area (Å²) in [5.74, 6) is 3.07. The summed E-state index contributed by atoms with van der Waals surface area (Å²) in [5.41, 5.74) is 1.48. The maximum absolute atomic E-state index is 13.3. The quantitative estimate of drug-likeness (QED) is 0.286. The van der Waals surface area contributed by atoms with Crippen LogP contribution in [0.2, 0.25) is 0 Å². The smallest absolute Gasteiger partial charge is 0.408 e. The predicted molar refractivity (Wildman–Crippen MR) is 150 cm³/mol. The van der Waals surface area contributed by atoms with Crippen LogP contribution < -0.4 is 10.6 Å². The van der Waals surface area contributed by atoms with E-state index < -0.39 is 35.7 Å². The number of hydrogen-bond donors (Lipinski definition) is 2. The monoisotopic (exact) mass is 542 g/mol. The number of rotatable bonds is 13. The molecule has 0 aromatic heterocycles. The number of terminal acetylenes is 1. The van der Waals surface area contributed by atoms with Crippen LogP contribution in [0.1, 0.15) is 31.9 Å². The molecule has 0 bridgehead atoms. The first-order valence-electron chi connectivity index (χ1n) is 11.8. The minimum Gasteiger partial charge on any atom is -0.458 e. The summed E-state index contributed by atoms with van der Waals surface area (Å²) in [6.45, 7) is 5.10. The van der Waals surface area contributed by atoms with Gasteiger partial charge in [-0.1, -0.05) is 66.6 Å². The van der Waals surface area contributed by atoms with Gasteiger partial charge in [-0.05, 0) is 31.9 Å². The highest BCUT2D eigenvalue weighted by atomic mass is 32.2. The van der Waals surface area contributed by atoms with Crippen molar-refractivity contribution in [1.29, 1.82) is 0 Å². The van der Waals surface area contributed by atoms with E-state index in [1.54, 1.807) is 20.8 Å². The number of carbonyl (C=O) groups is 3. The third kappa shape index (κ3) is 12.6. The Morgan fingerprint density at radius 1 is 0.865 bits per heavy atom. The molecular weight excluding hydrogens is 508 g/mol. The molecule has 7 nitrogen and oxygen atoms in total. The zero-order valence-corrected chi connectivity index (χ0v) is 23.0. The summed E-state index contributed by atoms with van der Waals surface area (Å²) in [7, 11) is 0. The zero-order valence-electron chi connectivity index (χ0n) is 21.4. The van der Waals surface area contributed by atoms with Crippen molar-refractivity contribution in [3.63, 3.8) is 0 Å². The van der Waals surface area contributed by atoms with Crippen LogP contribution in [0.4, 0.5) is 4.79 Å². The summed E-state index contributed by atoms with van der Waals surface area (Å²) < 4.78 is 10.4. The molecule has 37 heavy (non-hydrogen) atoms. The summed E-state index contributed by atoms with van der Waals surface area (Å²) in [5, 5.41) is 5.34. The van der Waals surface area contributed by atoms with Crippen LogP contribution in [0, 0.1) is 12.3 Å². The summed E-state index contributed by atoms with van der Waals surface area (Å²) in [6, 6.07) is 17.8. The third-order valence-corrected chi connectivity index (χ3v) is 6.91. The first kappa shape index (κ1) is 30.1. The van der Waals surface area contributed by atoms with Gasteiger partial charge in [0.1, 0.15) is 17.7 Å². The number of benzene rings is 2. The average Bonchev–Trinajstić information content (AvgIpc) is 2.86. The van der Waals surface area contributed by atoms with Gasteiger partial charge in [0.05, 0.1) is 0 Å². The normalized spacial score (nSPS) is 12.5. The Hall–Kier alpha value is -3.09. The fourth-order valence-electron chi connectivity index (χ4n) is 3.03. The van der Waals surface area contributed by atoms with Gasteiger partial charge >= 0.3 is 12.1 Å². The number of esters is 1. The third-order valence-electron chi connectivity index (χ3n) is 4.70. The SMILES string of the molecule is C#CCOC(=O)N[C@@H](CSCc1ccccc1)C(=O)N[C@@H](CSCc1ccccc1)C(=O)OC(C)(C)C. The van der Waals surface area contributed by atoms with E-state index in [1.165, 1.54) is 23.5 Å². The fraction of sp³-hybridized carbons (Fsp3) is 0.393. The second-order valence-corrected chi connectivity index (χ2v) is 11.1. The fourth-order valence-corrected chi connectivity index (χ4v) is 5.04. The minimum atomic E-state index is -0.942. The Morgan fingerprint density at radius 2 is 1.38 bits per heavy atom. The van der Waals surface area contributed by atoms with Gasteiger partial charge < -0.3 is 20.1 Å². The molecule has 0 radical (unpaired) electrons. The van der Waals surface area contributed by atoms with Gasteiger partial charge in [0.2, 0.25) is 5.91 Å². The molecule has 0 saturated carbocycles. The van der Waals surface area contributed by atoms with Gasteiger partial charge in [-0.15, -0.1) is 6.42 Å². The molecule has 0 aliphatic carbocycles. The van der Waals surface area contributed by atoms with Crippen molar-refractivity contribution in [3.05, 3.63) is 71.8 Å². The molecule has 198 valence electrons. The lowest BCUT2D eigenvalue weighted by Gasteiger charge is -2.26. The van der Waals surface area contributed by atoms with E-state index in [0.717, 1.165) is 11.1 Å². The van der Waals surface area contributed by atoms with Crippen LogP contribution in [-0.4, -0.2) is 53.8 Å². The van der Waals surface area contributed by atoms with Crippen molar-refractivity contribution < 1.29 is 23.9 Å². The molecule has 0 aliphatic heterocycles. The Labute approximate surface area is 227 Å². The number of nitrogens with one attached hydrogen (secondary N) is 2. The van der Waals surface area contributed by atoms with Crippen molar-refractivity contribution in [2.24, 2.45) is 0 Å². The van der Waals surface area contributed by atoms with Crippen LogP contribution in [0.25, 0.3) is 0 Å². The van der Waals surface area contributed by atoms with Crippen molar-refractivity contribution in [2.75, 3.05) is 18.1 Å². The van der Waals surface area contributed by atoms with Gasteiger partial charge in [-0.25, -0.2) is 9.59 Å². The molecule has 0 unspecified atom stereocenters. The Bertz CT molecular complexity index is 1040. The van der Waals surface area contributed by atoms with Gasteiger partial charge in [-0.2, -0.15) is 23.5 Å². The van der Waals surface area contributed by atoms with E-state index in [0.29, 0.717) is 17.3 Å². The van der Waals surface area contributed by atoms with Crippen molar-refractivity contribution in [3.8, 4) is 12.3 Å². The highest BCUT2D eigenvalue weighted by Gasteiger charge is 2.30. The molecule has 0 spiro atoms. The molecule has 2 amide bonds. The van der Waals surface area contributed by atoms with Crippen LogP contribution in [0.5, 0.6) is 0 Å². The number of hydrogen-bond acceptors (Lipinski definition) is 7. The maximum Gasteiger partial charge on any atom is 0.408 e. The van der Waals surface area contributed by atoms with Gasteiger partial charge in [-0.3, -0.25) is 4.79 Å². The second kappa shape index (κ2) is 15.9. The average molecular weight is 543 g/mol. The first-order valence-corrected chi connectivity index (χ1v) is 14.1. The van der Waals surface area contributed by atoms with Crippen molar-refractivity contribution in [1.82, 2.24) is 10.6 Å². The lowest BCUT2D eigenvalue weighted by atomic mass is 10.2. The standard InChI is InChI=1S/C28H34N2O5S2/c1-5-16-34-27(33)30-23(19-36-17-21-12-8-6-9-13-21)25(31)29-24(26(32)35-28(2,3)4)20-37-18-22-14-10-7-11-15-22/h1,6-15,23-24H,16-20H2,2-4H3,(H,29,31)(H,30,33)/t23-,24-/m0/s1. The summed E-state index contributed by atoms with van der Waals surface area (Å²) >= 11 is 2.98. The molecule has 0 heterocycles. The number of amides is 2. The largest absolute Gasteiger partial charge is 0.458 e. The number of thioether (sulfide) groups is 2. The topological polar surface area (TPSA) is 93.7 Å². The molecule has 2 rings (SSSR count). The maximum atomic E-state index is 13.3. The zero-order chi connectivity index (χ0) is 27.1. The number of alkyl carbamates (subject to hydrolysis) is 1. The number of carbonyl (C=O) groups excluding carboxylic acids is 3. The molecule has 2 atom stereocenters. The Kier molecular flexibility index (Phi) is 12.9. The van der Waals surface area contributed by atoms with Gasteiger partial charge in [0.25, 0.3) is 0 Å².